The van der Waals surface area contributed by atoms with E-state index in [0.29, 0.717) is 32.4 Å². The van der Waals surface area contributed by atoms with E-state index < -0.39 is 11.6 Å². The van der Waals surface area contributed by atoms with E-state index >= 15 is 0 Å². The number of nitrogens with zero attached hydrogens (tertiary/aromatic N) is 3. The van der Waals surface area contributed by atoms with Gasteiger partial charge in [0, 0.05) is 55.7 Å². The number of hydrogen-bond donors (Lipinski definition) is 4. The molecule has 1 aliphatic carbocycles. The highest BCUT2D eigenvalue weighted by Gasteiger charge is 2.54. The number of carbonyl (C=O) groups is 4. The molecule has 2 aromatic carbocycles. The first-order valence-corrected chi connectivity index (χ1v) is 13.5. The number of imide groups is 1. The predicted molar refractivity (Wildman–Crippen MR) is 145 cm³/mol. The van der Waals surface area contributed by atoms with Crippen molar-refractivity contribution in [3.63, 3.8) is 0 Å². The molecule has 3 unspecified atom stereocenters. The summed E-state index contributed by atoms with van der Waals surface area (Å²) in [4.78, 5) is 61.5. The summed E-state index contributed by atoms with van der Waals surface area (Å²) in [5.41, 5.74) is 5.65. The van der Waals surface area contributed by atoms with Crippen molar-refractivity contribution >= 4 is 46.3 Å². The Morgan fingerprint density at radius 1 is 1.18 bits per heavy atom. The zero-order chi connectivity index (χ0) is 27.8. The number of ether oxygens (including phenoxy) is 1. The van der Waals surface area contributed by atoms with Crippen molar-refractivity contribution < 1.29 is 23.9 Å². The average Bonchev–Trinajstić information content (AvgIpc) is 3.62. The van der Waals surface area contributed by atoms with Crippen LogP contribution in [0.15, 0.2) is 30.3 Å². The van der Waals surface area contributed by atoms with Gasteiger partial charge in [-0.2, -0.15) is 0 Å². The van der Waals surface area contributed by atoms with Gasteiger partial charge in [0.15, 0.2) is 0 Å². The maximum Gasteiger partial charge on any atom is 0.407 e. The molecule has 3 aromatic rings. The first-order chi connectivity index (χ1) is 19.3. The lowest BCUT2D eigenvalue weighted by Gasteiger charge is -2.30. The van der Waals surface area contributed by atoms with Gasteiger partial charge >= 0.3 is 12.1 Å². The van der Waals surface area contributed by atoms with Crippen LogP contribution in [0.4, 0.5) is 21.0 Å². The maximum atomic E-state index is 12.7. The molecule has 0 radical (unpaired) electrons. The first kappa shape index (κ1) is 24.4. The van der Waals surface area contributed by atoms with Crippen molar-refractivity contribution in [2.24, 2.45) is 0 Å². The molecule has 4 aliphatic rings. The zero-order valence-electron chi connectivity index (χ0n) is 22.2. The molecule has 1 aromatic heterocycles. The van der Waals surface area contributed by atoms with E-state index in [4.69, 9.17) is 9.72 Å². The third-order valence-corrected chi connectivity index (χ3v) is 8.77. The summed E-state index contributed by atoms with van der Waals surface area (Å²) in [6, 6.07) is 9.35. The van der Waals surface area contributed by atoms with Crippen molar-refractivity contribution in [2.75, 3.05) is 30.4 Å². The quantitative estimate of drug-likeness (QED) is 0.360. The summed E-state index contributed by atoms with van der Waals surface area (Å²) in [6.45, 7) is 2.79. The van der Waals surface area contributed by atoms with Gasteiger partial charge in [-0.3, -0.25) is 14.9 Å². The number of aromatic nitrogens is 2. The summed E-state index contributed by atoms with van der Waals surface area (Å²) >= 11 is 0. The molecule has 0 saturated carbocycles. The number of rotatable bonds is 5. The Kier molecular flexibility index (Phi) is 5.31. The van der Waals surface area contributed by atoms with Crippen LogP contribution in [-0.4, -0.2) is 70.6 Å². The third-order valence-electron chi connectivity index (χ3n) is 8.77. The number of alkyl carbamates (subject to hydrolysis) is 1. The number of aromatic amines is 1. The second kappa shape index (κ2) is 8.70. The fourth-order valence-electron chi connectivity index (χ4n) is 6.85. The van der Waals surface area contributed by atoms with Gasteiger partial charge in [-0.1, -0.05) is 6.07 Å². The molecule has 5 amide bonds. The molecule has 4 N–H and O–H groups in total. The Labute approximate surface area is 229 Å². The highest BCUT2D eigenvalue weighted by molar-refractivity contribution is 6.08. The van der Waals surface area contributed by atoms with Gasteiger partial charge in [0.2, 0.25) is 5.91 Å². The number of benzene rings is 2. The summed E-state index contributed by atoms with van der Waals surface area (Å²) in [6.07, 6.45) is 0.738. The lowest BCUT2D eigenvalue weighted by molar-refractivity contribution is -0.125. The monoisotopic (exact) mass is 543 g/mol. The fraction of sp³-hybridized carbons (Fsp3) is 0.393. The number of nitrogens with one attached hydrogen (secondary N) is 4. The molecule has 3 atom stereocenters. The first-order valence-electron chi connectivity index (χ1n) is 13.5. The van der Waals surface area contributed by atoms with Crippen LogP contribution in [0.3, 0.4) is 0 Å². The third kappa shape index (κ3) is 3.55. The van der Waals surface area contributed by atoms with E-state index in [1.807, 2.05) is 30.3 Å². The van der Waals surface area contributed by atoms with Crippen molar-refractivity contribution in [1.29, 1.82) is 0 Å². The summed E-state index contributed by atoms with van der Waals surface area (Å²) in [5.74, 6) is 0.361. The summed E-state index contributed by atoms with van der Waals surface area (Å²) in [5, 5.41) is 8.28. The molecular formula is C28H29N7O5. The van der Waals surface area contributed by atoms with E-state index in [1.165, 1.54) is 4.90 Å². The molecule has 40 heavy (non-hydrogen) atoms. The lowest BCUT2D eigenvalue weighted by atomic mass is 9.87. The van der Waals surface area contributed by atoms with Gasteiger partial charge in [-0.25, -0.2) is 14.6 Å². The van der Waals surface area contributed by atoms with Gasteiger partial charge < -0.3 is 30.2 Å². The Hall–Kier alpha value is -4.61. The Morgan fingerprint density at radius 3 is 2.73 bits per heavy atom. The second-order valence-electron chi connectivity index (χ2n) is 10.9. The fourth-order valence-corrected chi connectivity index (χ4v) is 6.85. The van der Waals surface area contributed by atoms with Gasteiger partial charge in [0.1, 0.15) is 11.4 Å². The minimum absolute atomic E-state index is 0.0445. The van der Waals surface area contributed by atoms with Crippen LogP contribution in [0.2, 0.25) is 0 Å². The highest BCUT2D eigenvalue weighted by atomic mass is 16.5. The van der Waals surface area contributed by atoms with Crippen LogP contribution in [0.5, 0.6) is 0 Å². The molecule has 12 nitrogen and oxygen atoms in total. The van der Waals surface area contributed by atoms with E-state index in [0.717, 1.165) is 44.9 Å². The van der Waals surface area contributed by atoms with Gasteiger partial charge in [0.25, 0.3) is 5.91 Å². The number of carbonyl (C=O) groups excluding carboxylic acids is 4. The van der Waals surface area contributed by atoms with Crippen LogP contribution in [0, 0.1) is 0 Å². The minimum atomic E-state index is -0.885. The van der Waals surface area contributed by atoms with Crippen LogP contribution in [-0.2, 0) is 33.7 Å². The number of urea groups is 1. The van der Waals surface area contributed by atoms with Gasteiger partial charge in [-0.15, -0.1) is 0 Å². The van der Waals surface area contributed by atoms with E-state index in [1.54, 1.807) is 14.0 Å². The number of fused-ring (bicyclic) bond motifs is 2. The number of H-pyrrole nitrogens is 1. The average molecular weight is 544 g/mol. The van der Waals surface area contributed by atoms with Crippen LogP contribution >= 0.6 is 0 Å². The van der Waals surface area contributed by atoms with Gasteiger partial charge in [0.05, 0.1) is 30.2 Å². The molecule has 1 spiro atoms. The van der Waals surface area contributed by atoms with E-state index in [-0.39, 0.29) is 36.4 Å². The Morgan fingerprint density at radius 2 is 1.98 bits per heavy atom. The van der Waals surface area contributed by atoms with Crippen molar-refractivity contribution in [2.45, 2.75) is 50.2 Å². The molecule has 1 fully saturated rings. The van der Waals surface area contributed by atoms with Crippen LogP contribution in [0.1, 0.15) is 41.8 Å². The number of imidazole rings is 1. The standard InChI is InChI=1S/C28H29N7O5/c1-3-40-27(39)29-12-21-16-9-23(36)32-17-5-4-6-20(24(16)17)35(21)13-22-30-18-7-14-10-28(11-15(14)8-19(18)31-22)25(37)33-26(38)34(28)2/h4-8,16,21H,3,9-13H2,1-2H3,(H,29,39)(H,30,31)(H,32,36)(H,33,37,38). The molecule has 7 rings (SSSR count). The molecule has 0 bridgehead atoms. The van der Waals surface area contributed by atoms with Gasteiger partial charge in [-0.05, 0) is 42.3 Å². The SMILES string of the molecule is CCOC(=O)NCC1C2CC(=O)Nc3cccc(c32)N1Cc1nc2cc3c(cc2[nH]1)CC1(C3)C(=O)NC(=O)N1C. The summed E-state index contributed by atoms with van der Waals surface area (Å²) in [7, 11) is 1.66. The van der Waals surface area contributed by atoms with Crippen molar-refractivity contribution in [3.05, 3.63) is 52.8 Å². The zero-order valence-corrected chi connectivity index (χ0v) is 22.2. The Bertz CT molecular complexity index is 1570. The molecular weight excluding hydrogens is 514 g/mol. The molecule has 206 valence electrons. The van der Waals surface area contributed by atoms with Crippen molar-refractivity contribution in [1.82, 2.24) is 25.5 Å². The molecule has 4 heterocycles. The largest absolute Gasteiger partial charge is 0.450 e. The minimum Gasteiger partial charge on any atom is -0.450 e. The van der Waals surface area contributed by atoms with Crippen LogP contribution in [0.25, 0.3) is 11.0 Å². The summed E-state index contributed by atoms with van der Waals surface area (Å²) < 4.78 is 5.08. The predicted octanol–water partition coefficient (Wildman–Crippen LogP) is 2.14. The highest BCUT2D eigenvalue weighted by Crippen LogP contribution is 2.49. The normalized spacial score (nSPS) is 22.0. The van der Waals surface area contributed by atoms with Crippen LogP contribution < -0.4 is 20.9 Å². The molecule has 12 heteroatoms. The number of likely N-dealkylation sites (N-methyl/N-ethyl adjacent to an activating group) is 1. The molecule has 3 aliphatic heterocycles. The van der Waals surface area contributed by atoms with Crippen molar-refractivity contribution in [3.8, 4) is 0 Å². The number of anilines is 2. The smallest absolute Gasteiger partial charge is 0.407 e. The lowest BCUT2D eigenvalue weighted by Crippen LogP contribution is -2.48. The van der Waals surface area contributed by atoms with E-state index in [9.17, 15) is 19.2 Å². The van der Waals surface area contributed by atoms with E-state index in [2.05, 4.69) is 25.8 Å². The Balaban J connectivity index is 1.19. The molecule has 1 saturated heterocycles. The number of hydrogen-bond acceptors (Lipinski definition) is 7. The topological polar surface area (TPSA) is 149 Å². The maximum absolute atomic E-state index is 12.7. The second-order valence-corrected chi connectivity index (χ2v) is 10.9. The number of amides is 5.